The molecule has 0 fully saturated rings. The molecule has 0 spiro atoms. The molecule has 6 heteroatoms. The summed E-state index contributed by atoms with van der Waals surface area (Å²) in [5.74, 6) is -0.833. The molecule has 0 radical (unpaired) electrons. The molecule has 0 aromatic heterocycles. The second kappa shape index (κ2) is 7.47. The first kappa shape index (κ1) is 15.9. The van der Waals surface area contributed by atoms with Crippen molar-refractivity contribution in [2.24, 2.45) is 16.8 Å². The third-order valence-corrected chi connectivity index (χ3v) is 3.08. The molecule has 1 rings (SSSR count). The number of benzene rings is 1. The van der Waals surface area contributed by atoms with E-state index in [9.17, 15) is 9.18 Å². The summed E-state index contributed by atoms with van der Waals surface area (Å²) in [4.78, 5) is 11.7. The van der Waals surface area contributed by atoms with Gasteiger partial charge in [-0.2, -0.15) is 0 Å². The number of hydrogen-bond donors (Lipinski definition) is 3. The van der Waals surface area contributed by atoms with Crippen LogP contribution in [0.2, 0.25) is 0 Å². The van der Waals surface area contributed by atoms with Gasteiger partial charge in [0.1, 0.15) is 5.82 Å². The van der Waals surface area contributed by atoms with E-state index in [1.54, 1.807) is 0 Å². The monoisotopic (exact) mass is 281 g/mol. The normalized spacial score (nSPS) is 13.1. The Morgan fingerprint density at radius 3 is 2.80 bits per heavy atom. The molecular weight excluding hydrogens is 261 g/mol. The van der Waals surface area contributed by atoms with E-state index in [1.165, 1.54) is 18.2 Å². The fourth-order valence-corrected chi connectivity index (χ4v) is 1.83. The van der Waals surface area contributed by atoms with Gasteiger partial charge in [0.2, 0.25) is 5.91 Å². The van der Waals surface area contributed by atoms with E-state index in [0.717, 1.165) is 12.8 Å². The number of oxime groups is 1. The maximum atomic E-state index is 13.8. The highest BCUT2D eigenvalue weighted by Gasteiger charge is 2.12. The Labute approximate surface area is 117 Å². The molecule has 0 saturated carbocycles. The molecule has 0 heterocycles. The van der Waals surface area contributed by atoms with Gasteiger partial charge in [0.05, 0.1) is 0 Å². The van der Waals surface area contributed by atoms with Crippen molar-refractivity contribution in [1.29, 1.82) is 0 Å². The summed E-state index contributed by atoms with van der Waals surface area (Å²) in [5, 5.41) is 14.0. The van der Waals surface area contributed by atoms with Gasteiger partial charge in [-0.15, -0.1) is 0 Å². The van der Waals surface area contributed by atoms with E-state index in [1.807, 2.05) is 13.8 Å². The van der Waals surface area contributed by atoms with Gasteiger partial charge >= 0.3 is 0 Å². The van der Waals surface area contributed by atoms with Crippen LogP contribution in [0.3, 0.4) is 0 Å². The van der Waals surface area contributed by atoms with Gasteiger partial charge in [0.25, 0.3) is 0 Å². The van der Waals surface area contributed by atoms with Gasteiger partial charge in [-0.25, -0.2) is 4.39 Å². The molecule has 0 aliphatic carbocycles. The Morgan fingerprint density at radius 1 is 1.55 bits per heavy atom. The standard InChI is InChI=1S/C14H20FN3O2/c1-3-4-9(2)14(19)17-8-11-6-5-10(7-12(11)15)13(16)18-20/h5-7,9,20H,3-4,8H2,1-2H3,(H2,16,18)(H,17,19). The molecule has 1 aromatic rings. The lowest BCUT2D eigenvalue weighted by molar-refractivity contribution is -0.124. The number of nitrogens with zero attached hydrogens (tertiary/aromatic N) is 1. The molecule has 1 aromatic carbocycles. The minimum Gasteiger partial charge on any atom is -0.409 e. The molecule has 0 saturated heterocycles. The number of rotatable bonds is 6. The number of halogens is 1. The highest BCUT2D eigenvalue weighted by atomic mass is 19.1. The zero-order valence-electron chi connectivity index (χ0n) is 11.7. The third-order valence-electron chi connectivity index (χ3n) is 3.08. The number of hydrogen-bond acceptors (Lipinski definition) is 3. The van der Waals surface area contributed by atoms with E-state index < -0.39 is 5.82 Å². The van der Waals surface area contributed by atoms with E-state index in [0.29, 0.717) is 11.1 Å². The van der Waals surface area contributed by atoms with Crippen molar-refractivity contribution in [2.75, 3.05) is 0 Å². The van der Waals surface area contributed by atoms with Crippen molar-refractivity contribution in [2.45, 2.75) is 33.2 Å². The van der Waals surface area contributed by atoms with Crippen LogP contribution in [0.4, 0.5) is 4.39 Å². The Hall–Kier alpha value is -2.11. The largest absolute Gasteiger partial charge is 0.409 e. The number of amides is 1. The predicted molar refractivity (Wildman–Crippen MR) is 74.8 cm³/mol. The van der Waals surface area contributed by atoms with Crippen LogP contribution in [-0.4, -0.2) is 17.0 Å². The van der Waals surface area contributed by atoms with Gasteiger partial charge < -0.3 is 16.3 Å². The van der Waals surface area contributed by atoms with Gasteiger partial charge in [0, 0.05) is 23.6 Å². The molecule has 4 N–H and O–H groups in total. The van der Waals surface area contributed by atoms with Crippen LogP contribution in [0.1, 0.15) is 37.8 Å². The minimum atomic E-state index is -0.502. The SMILES string of the molecule is CCCC(C)C(=O)NCc1ccc(C(N)=NO)cc1F. The molecule has 1 atom stereocenters. The predicted octanol–water partition coefficient (Wildman–Crippen LogP) is 1.97. The zero-order valence-corrected chi connectivity index (χ0v) is 11.7. The van der Waals surface area contributed by atoms with Gasteiger partial charge in [-0.1, -0.05) is 37.6 Å². The Morgan fingerprint density at radius 2 is 2.25 bits per heavy atom. The Bertz CT molecular complexity index is 503. The van der Waals surface area contributed by atoms with E-state index in [4.69, 9.17) is 10.9 Å². The quantitative estimate of drug-likeness (QED) is 0.322. The molecular formula is C14H20FN3O2. The van der Waals surface area contributed by atoms with Crippen LogP contribution in [0.5, 0.6) is 0 Å². The van der Waals surface area contributed by atoms with Gasteiger partial charge in [-0.3, -0.25) is 4.79 Å². The number of nitrogens with two attached hydrogens (primary N) is 1. The Balaban J connectivity index is 2.68. The summed E-state index contributed by atoms with van der Waals surface area (Å²) >= 11 is 0. The second-order valence-corrected chi connectivity index (χ2v) is 4.70. The van der Waals surface area contributed by atoms with E-state index in [-0.39, 0.29) is 24.2 Å². The molecule has 20 heavy (non-hydrogen) atoms. The summed E-state index contributed by atoms with van der Waals surface area (Å²) in [5.41, 5.74) is 6.02. The van der Waals surface area contributed by atoms with Crippen molar-refractivity contribution in [1.82, 2.24) is 5.32 Å². The smallest absolute Gasteiger partial charge is 0.223 e. The van der Waals surface area contributed by atoms with Crippen LogP contribution < -0.4 is 11.1 Å². The molecule has 0 aliphatic rings. The molecule has 110 valence electrons. The molecule has 0 bridgehead atoms. The minimum absolute atomic E-state index is 0.0838. The highest BCUT2D eigenvalue weighted by molar-refractivity contribution is 5.97. The lowest BCUT2D eigenvalue weighted by Crippen LogP contribution is -2.29. The van der Waals surface area contributed by atoms with E-state index >= 15 is 0 Å². The molecule has 1 amide bonds. The first-order valence-corrected chi connectivity index (χ1v) is 6.53. The van der Waals surface area contributed by atoms with Gasteiger partial charge in [-0.05, 0) is 12.5 Å². The summed E-state index contributed by atoms with van der Waals surface area (Å²) in [7, 11) is 0. The Kier molecular flexibility index (Phi) is 5.96. The number of carbonyl (C=O) groups is 1. The average molecular weight is 281 g/mol. The second-order valence-electron chi connectivity index (χ2n) is 4.70. The number of nitrogens with one attached hydrogen (secondary N) is 1. The maximum Gasteiger partial charge on any atom is 0.223 e. The third kappa shape index (κ3) is 4.22. The van der Waals surface area contributed by atoms with Gasteiger partial charge in [0.15, 0.2) is 5.84 Å². The van der Waals surface area contributed by atoms with Crippen molar-refractivity contribution in [3.8, 4) is 0 Å². The van der Waals surface area contributed by atoms with E-state index in [2.05, 4.69) is 10.5 Å². The first-order valence-electron chi connectivity index (χ1n) is 6.53. The summed E-state index contributed by atoms with van der Waals surface area (Å²) in [6.07, 6.45) is 1.73. The fraction of sp³-hybridized carbons (Fsp3) is 0.429. The molecule has 1 unspecified atom stereocenters. The molecule has 0 aliphatic heterocycles. The fourth-order valence-electron chi connectivity index (χ4n) is 1.83. The summed E-state index contributed by atoms with van der Waals surface area (Å²) < 4.78 is 13.8. The lowest BCUT2D eigenvalue weighted by atomic mass is 10.1. The van der Waals surface area contributed by atoms with Crippen molar-refractivity contribution >= 4 is 11.7 Å². The number of amidine groups is 1. The zero-order chi connectivity index (χ0) is 15.1. The van der Waals surface area contributed by atoms with Crippen molar-refractivity contribution < 1.29 is 14.4 Å². The van der Waals surface area contributed by atoms with Crippen molar-refractivity contribution in [3.63, 3.8) is 0 Å². The first-order chi connectivity index (χ1) is 9.49. The highest BCUT2D eigenvalue weighted by Crippen LogP contribution is 2.11. The van der Waals surface area contributed by atoms with Crippen LogP contribution in [-0.2, 0) is 11.3 Å². The van der Waals surface area contributed by atoms with Crippen LogP contribution in [0.25, 0.3) is 0 Å². The maximum absolute atomic E-state index is 13.8. The topological polar surface area (TPSA) is 87.7 Å². The van der Waals surface area contributed by atoms with Crippen LogP contribution in [0.15, 0.2) is 23.4 Å². The van der Waals surface area contributed by atoms with Crippen LogP contribution >= 0.6 is 0 Å². The summed E-state index contributed by atoms with van der Waals surface area (Å²) in [6, 6.07) is 4.22. The van der Waals surface area contributed by atoms with Crippen LogP contribution in [0, 0.1) is 11.7 Å². The molecule has 5 nitrogen and oxygen atoms in total. The number of carbonyl (C=O) groups excluding carboxylic acids is 1. The summed E-state index contributed by atoms with van der Waals surface area (Å²) in [6.45, 7) is 3.97. The average Bonchev–Trinajstić information content (AvgIpc) is 2.44. The lowest BCUT2D eigenvalue weighted by Gasteiger charge is -2.12. The van der Waals surface area contributed by atoms with Crippen molar-refractivity contribution in [3.05, 3.63) is 35.1 Å².